The largest absolute Gasteiger partial charge is 0.373 e. The molecule has 0 saturated heterocycles. The smallest absolute Gasteiger partial charge is 0.147 e. The third-order valence-corrected chi connectivity index (χ3v) is 2.89. The van der Waals surface area contributed by atoms with Gasteiger partial charge in [0.25, 0.3) is 0 Å². The minimum atomic E-state index is -0.490. The lowest BCUT2D eigenvalue weighted by Crippen LogP contribution is -2.05. The van der Waals surface area contributed by atoms with Gasteiger partial charge in [0.1, 0.15) is 23.8 Å². The van der Waals surface area contributed by atoms with Gasteiger partial charge >= 0.3 is 0 Å². The second-order valence-corrected chi connectivity index (χ2v) is 4.08. The zero-order valence-corrected chi connectivity index (χ0v) is 11.2. The second-order valence-electron chi connectivity index (χ2n) is 4.08. The molecule has 6 heteroatoms. The van der Waals surface area contributed by atoms with E-state index in [-0.39, 0.29) is 11.3 Å². The lowest BCUT2D eigenvalue weighted by molar-refractivity contribution is 0.631. The van der Waals surface area contributed by atoms with E-state index in [9.17, 15) is 4.39 Å². The zero-order chi connectivity index (χ0) is 14.5. The van der Waals surface area contributed by atoms with Crippen LogP contribution in [0.4, 0.5) is 21.7 Å². The highest BCUT2D eigenvalue weighted by molar-refractivity contribution is 5.65. The molecular weight excluding hydrogens is 257 g/mol. The molecule has 2 rings (SSSR count). The number of aromatic nitrogens is 2. The van der Waals surface area contributed by atoms with Gasteiger partial charge < -0.3 is 10.6 Å². The van der Waals surface area contributed by atoms with Crippen molar-refractivity contribution in [2.45, 2.75) is 13.3 Å². The zero-order valence-electron chi connectivity index (χ0n) is 11.2. The molecule has 0 aliphatic carbocycles. The molecule has 0 fully saturated rings. The topological polar surface area (TPSA) is 73.6 Å². The van der Waals surface area contributed by atoms with E-state index in [0.29, 0.717) is 18.1 Å². The third-order valence-electron chi connectivity index (χ3n) is 2.89. The van der Waals surface area contributed by atoms with Crippen molar-refractivity contribution in [2.24, 2.45) is 0 Å². The Kier molecular flexibility index (Phi) is 4.11. The molecule has 0 amide bonds. The van der Waals surface area contributed by atoms with Crippen LogP contribution >= 0.6 is 0 Å². The molecule has 0 aliphatic heterocycles. The Hall–Kier alpha value is -2.68. The van der Waals surface area contributed by atoms with E-state index >= 15 is 0 Å². The summed E-state index contributed by atoms with van der Waals surface area (Å²) in [6.07, 6.45) is 2.12. The number of halogens is 1. The van der Waals surface area contributed by atoms with Gasteiger partial charge in [-0.3, -0.25) is 0 Å². The summed E-state index contributed by atoms with van der Waals surface area (Å²) < 4.78 is 13.9. The van der Waals surface area contributed by atoms with Crippen molar-refractivity contribution >= 4 is 17.3 Å². The van der Waals surface area contributed by atoms with Crippen LogP contribution in [0.1, 0.15) is 18.1 Å². The predicted molar refractivity (Wildman–Crippen MR) is 75.4 cm³/mol. The van der Waals surface area contributed by atoms with Gasteiger partial charge in [-0.2, -0.15) is 5.26 Å². The lowest BCUT2D eigenvalue weighted by Gasteiger charge is -2.13. The van der Waals surface area contributed by atoms with Crippen LogP contribution in [0.15, 0.2) is 24.5 Å². The highest BCUT2D eigenvalue weighted by Crippen LogP contribution is 2.25. The summed E-state index contributed by atoms with van der Waals surface area (Å²) >= 11 is 0. The lowest BCUT2D eigenvalue weighted by atomic mass is 10.2. The van der Waals surface area contributed by atoms with Crippen LogP contribution in [0.25, 0.3) is 0 Å². The first-order valence-electron chi connectivity index (χ1n) is 6.17. The molecule has 1 aromatic carbocycles. The molecule has 5 nitrogen and oxygen atoms in total. The summed E-state index contributed by atoms with van der Waals surface area (Å²) in [5, 5.41) is 14.6. The third kappa shape index (κ3) is 2.67. The molecule has 0 atom stereocenters. The van der Waals surface area contributed by atoms with Crippen LogP contribution < -0.4 is 10.6 Å². The van der Waals surface area contributed by atoms with Crippen LogP contribution in [0.5, 0.6) is 0 Å². The van der Waals surface area contributed by atoms with Crippen molar-refractivity contribution in [3.63, 3.8) is 0 Å². The molecule has 0 spiro atoms. The predicted octanol–water partition coefficient (Wildman–Crippen LogP) is 2.84. The Morgan fingerprint density at radius 3 is 2.65 bits per heavy atom. The first-order chi connectivity index (χ1) is 9.69. The van der Waals surface area contributed by atoms with Crippen LogP contribution in [0.2, 0.25) is 0 Å². The maximum atomic E-state index is 13.9. The van der Waals surface area contributed by atoms with Gasteiger partial charge in [0.05, 0.1) is 17.3 Å². The monoisotopic (exact) mass is 271 g/mol. The standard InChI is InChI=1S/C14H14FN5/c1-3-10-13(17-2)18-8-19-14(10)20-12-5-4-9(7-16)6-11(12)15/h4-6,8H,3H2,1-2H3,(H2,17,18,19,20). The SMILES string of the molecule is CCc1c(NC)ncnc1Nc1ccc(C#N)cc1F. The molecule has 102 valence electrons. The fourth-order valence-electron chi connectivity index (χ4n) is 1.88. The molecular formula is C14H14FN5. The fraction of sp³-hybridized carbons (Fsp3) is 0.214. The van der Waals surface area contributed by atoms with Gasteiger partial charge in [-0.25, -0.2) is 14.4 Å². The van der Waals surface area contributed by atoms with E-state index in [4.69, 9.17) is 5.26 Å². The molecule has 2 aromatic rings. The van der Waals surface area contributed by atoms with Gasteiger partial charge in [-0.1, -0.05) is 6.92 Å². The van der Waals surface area contributed by atoms with E-state index in [1.165, 1.54) is 18.5 Å². The number of hydrogen-bond donors (Lipinski definition) is 2. The first kappa shape index (κ1) is 13.7. The molecule has 0 unspecified atom stereocenters. The summed E-state index contributed by atoms with van der Waals surface area (Å²) in [5.74, 6) is 0.769. The van der Waals surface area contributed by atoms with Crippen LogP contribution in [-0.4, -0.2) is 17.0 Å². The first-order valence-corrected chi connectivity index (χ1v) is 6.17. The molecule has 0 bridgehead atoms. The minimum absolute atomic E-state index is 0.277. The molecule has 0 aliphatic rings. The average molecular weight is 271 g/mol. The number of benzene rings is 1. The van der Waals surface area contributed by atoms with Crippen molar-refractivity contribution < 1.29 is 4.39 Å². The summed E-state index contributed by atoms with van der Waals surface area (Å²) in [6.45, 7) is 1.97. The second kappa shape index (κ2) is 5.97. The maximum absolute atomic E-state index is 13.9. The highest BCUT2D eigenvalue weighted by Gasteiger charge is 2.11. The molecule has 1 aromatic heterocycles. The van der Waals surface area contributed by atoms with Crippen molar-refractivity contribution in [3.05, 3.63) is 41.5 Å². The normalized spacial score (nSPS) is 9.90. The summed E-state index contributed by atoms with van der Waals surface area (Å²) in [5.41, 5.74) is 1.43. The molecule has 0 saturated carbocycles. The minimum Gasteiger partial charge on any atom is -0.373 e. The summed E-state index contributed by atoms with van der Waals surface area (Å²) in [4.78, 5) is 8.26. The highest BCUT2D eigenvalue weighted by atomic mass is 19.1. The number of rotatable bonds is 4. The number of nitrogens with zero attached hydrogens (tertiary/aromatic N) is 3. The molecule has 1 heterocycles. The van der Waals surface area contributed by atoms with Gasteiger partial charge in [-0.05, 0) is 24.6 Å². The maximum Gasteiger partial charge on any atom is 0.147 e. The van der Waals surface area contributed by atoms with E-state index in [0.717, 1.165) is 5.56 Å². The number of nitriles is 1. The Morgan fingerprint density at radius 1 is 1.30 bits per heavy atom. The quantitative estimate of drug-likeness (QED) is 0.894. The average Bonchev–Trinajstić information content (AvgIpc) is 2.48. The Bertz CT molecular complexity index is 663. The number of anilines is 3. The number of hydrogen-bond acceptors (Lipinski definition) is 5. The molecule has 0 radical (unpaired) electrons. The summed E-state index contributed by atoms with van der Waals surface area (Å²) in [7, 11) is 1.77. The summed E-state index contributed by atoms with van der Waals surface area (Å²) in [6, 6.07) is 6.16. The van der Waals surface area contributed by atoms with Crippen molar-refractivity contribution in [3.8, 4) is 6.07 Å². The van der Waals surface area contributed by atoms with E-state index < -0.39 is 5.82 Å². The Morgan fingerprint density at radius 2 is 2.05 bits per heavy atom. The van der Waals surface area contributed by atoms with Crippen LogP contribution in [0.3, 0.4) is 0 Å². The molecule has 2 N–H and O–H groups in total. The van der Waals surface area contributed by atoms with E-state index in [2.05, 4.69) is 20.6 Å². The Balaban J connectivity index is 2.38. The van der Waals surface area contributed by atoms with Crippen molar-refractivity contribution in [1.82, 2.24) is 9.97 Å². The van der Waals surface area contributed by atoms with Gasteiger partial charge in [-0.15, -0.1) is 0 Å². The fourth-order valence-corrected chi connectivity index (χ4v) is 1.88. The van der Waals surface area contributed by atoms with Gasteiger partial charge in [0.2, 0.25) is 0 Å². The Labute approximate surface area is 116 Å². The van der Waals surface area contributed by atoms with Gasteiger partial charge in [0.15, 0.2) is 0 Å². The van der Waals surface area contributed by atoms with Crippen LogP contribution in [0, 0.1) is 17.1 Å². The van der Waals surface area contributed by atoms with Crippen LogP contribution in [-0.2, 0) is 6.42 Å². The van der Waals surface area contributed by atoms with Gasteiger partial charge in [0, 0.05) is 12.6 Å². The molecule has 20 heavy (non-hydrogen) atoms. The van der Waals surface area contributed by atoms with Crippen molar-refractivity contribution in [1.29, 1.82) is 5.26 Å². The number of nitrogens with one attached hydrogen (secondary N) is 2. The van der Waals surface area contributed by atoms with E-state index in [1.807, 2.05) is 13.0 Å². The van der Waals surface area contributed by atoms with E-state index in [1.54, 1.807) is 13.1 Å². The van der Waals surface area contributed by atoms with Crippen molar-refractivity contribution in [2.75, 3.05) is 17.7 Å².